The molecule has 0 aliphatic carbocycles. The van der Waals surface area contributed by atoms with Crippen LogP contribution in [-0.4, -0.2) is 39.9 Å². The molecule has 0 aromatic heterocycles. The SMILES string of the molecule is O=C1CN(c2c(O)cc3cc(O)c(OCCCC(F)F)cc3c2F)S(=O)N1. The van der Waals surface area contributed by atoms with Crippen molar-refractivity contribution in [3.05, 3.63) is 24.0 Å². The Morgan fingerprint density at radius 1 is 1.26 bits per heavy atom. The van der Waals surface area contributed by atoms with Gasteiger partial charge in [-0.15, -0.1) is 0 Å². The first-order valence-corrected chi connectivity index (χ1v) is 8.96. The Morgan fingerprint density at radius 2 is 1.96 bits per heavy atom. The van der Waals surface area contributed by atoms with Crippen LogP contribution in [-0.2, 0) is 16.0 Å². The number of hydrogen-bond acceptors (Lipinski definition) is 5. The van der Waals surface area contributed by atoms with E-state index in [1.165, 1.54) is 0 Å². The largest absolute Gasteiger partial charge is 0.506 e. The molecule has 1 fully saturated rings. The predicted octanol–water partition coefficient (Wildman–Crippen LogP) is 2.33. The van der Waals surface area contributed by atoms with E-state index in [4.69, 9.17) is 4.74 Å². The van der Waals surface area contributed by atoms with Gasteiger partial charge in [0.25, 0.3) is 5.91 Å². The quantitative estimate of drug-likeness (QED) is 0.642. The standard InChI is InChI=1S/C16H15F3N2O5S/c17-13(18)2-1-3-26-12-6-9-8(4-10(12)22)5-11(23)16(15(9)19)21-7-14(24)20-27(21)25/h4-6,13,22-23H,1-3,7H2,(H,20,24). The molecule has 1 aliphatic rings. The molecule has 27 heavy (non-hydrogen) atoms. The van der Waals surface area contributed by atoms with Gasteiger partial charge in [0.1, 0.15) is 18.0 Å². The average Bonchev–Trinajstić information content (AvgIpc) is 2.90. The molecular weight excluding hydrogens is 389 g/mol. The first kappa shape index (κ1) is 19.1. The smallest absolute Gasteiger partial charge is 0.253 e. The Bertz CT molecular complexity index is 925. The van der Waals surface area contributed by atoms with E-state index >= 15 is 0 Å². The highest BCUT2D eigenvalue weighted by Gasteiger charge is 2.32. The first-order chi connectivity index (χ1) is 12.8. The summed E-state index contributed by atoms with van der Waals surface area (Å²) in [6.07, 6.45) is -2.80. The summed E-state index contributed by atoms with van der Waals surface area (Å²) in [6, 6.07) is 3.45. The molecule has 1 amide bonds. The second-order valence-corrected chi connectivity index (χ2v) is 6.94. The fraction of sp³-hybridized carbons (Fsp3) is 0.312. The highest BCUT2D eigenvalue weighted by atomic mass is 32.2. The molecule has 0 radical (unpaired) electrons. The van der Waals surface area contributed by atoms with E-state index in [0.717, 1.165) is 22.5 Å². The van der Waals surface area contributed by atoms with E-state index in [0.29, 0.717) is 0 Å². The molecule has 3 rings (SSSR count). The minimum absolute atomic E-state index is 0.0407. The maximum absolute atomic E-state index is 15.0. The van der Waals surface area contributed by atoms with Crippen molar-refractivity contribution in [1.82, 2.24) is 4.72 Å². The lowest BCUT2D eigenvalue weighted by atomic mass is 10.1. The number of ether oxygens (including phenoxy) is 1. The second-order valence-electron chi connectivity index (χ2n) is 5.79. The third kappa shape index (κ3) is 3.87. The van der Waals surface area contributed by atoms with E-state index in [1.54, 1.807) is 0 Å². The van der Waals surface area contributed by atoms with Crippen molar-refractivity contribution in [1.29, 1.82) is 0 Å². The molecule has 146 valence electrons. The van der Waals surface area contributed by atoms with Crippen LogP contribution < -0.4 is 13.8 Å². The van der Waals surface area contributed by atoms with Gasteiger partial charge in [-0.2, -0.15) is 0 Å². The van der Waals surface area contributed by atoms with Crippen LogP contribution in [0.4, 0.5) is 18.9 Å². The molecule has 2 aromatic rings. The van der Waals surface area contributed by atoms with E-state index in [1.807, 2.05) is 0 Å². The normalized spacial score (nSPS) is 17.0. The van der Waals surface area contributed by atoms with Gasteiger partial charge in [0.15, 0.2) is 17.3 Å². The van der Waals surface area contributed by atoms with Crippen molar-refractivity contribution in [3.8, 4) is 17.2 Å². The molecular formula is C16H15F3N2O5S. The molecule has 1 saturated heterocycles. The van der Waals surface area contributed by atoms with E-state index in [9.17, 15) is 32.4 Å². The van der Waals surface area contributed by atoms with Gasteiger partial charge in [-0.25, -0.2) is 17.4 Å². The number of benzene rings is 2. The molecule has 1 aliphatic heterocycles. The maximum Gasteiger partial charge on any atom is 0.253 e. The lowest BCUT2D eigenvalue weighted by Gasteiger charge is -2.18. The van der Waals surface area contributed by atoms with Gasteiger partial charge in [0.2, 0.25) is 17.6 Å². The zero-order valence-electron chi connectivity index (χ0n) is 13.7. The fourth-order valence-corrected chi connectivity index (χ4v) is 3.60. The van der Waals surface area contributed by atoms with Crippen molar-refractivity contribution < 1.29 is 37.1 Å². The number of carbonyl (C=O) groups excluding carboxylic acids is 1. The van der Waals surface area contributed by atoms with Crippen molar-refractivity contribution in [2.75, 3.05) is 17.5 Å². The topological polar surface area (TPSA) is 99.1 Å². The van der Waals surface area contributed by atoms with Gasteiger partial charge in [0, 0.05) is 11.8 Å². The summed E-state index contributed by atoms with van der Waals surface area (Å²) < 4.78 is 59.3. The van der Waals surface area contributed by atoms with E-state index in [2.05, 4.69) is 4.72 Å². The summed E-state index contributed by atoms with van der Waals surface area (Å²) in [5, 5.41) is 20.1. The van der Waals surface area contributed by atoms with Crippen molar-refractivity contribution in [3.63, 3.8) is 0 Å². The summed E-state index contributed by atoms with van der Waals surface area (Å²) in [6.45, 7) is -0.512. The number of amides is 1. The number of fused-ring (bicyclic) bond motifs is 1. The minimum Gasteiger partial charge on any atom is -0.506 e. The number of rotatable bonds is 6. The van der Waals surface area contributed by atoms with Crippen LogP contribution in [0.15, 0.2) is 18.2 Å². The summed E-state index contributed by atoms with van der Waals surface area (Å²) in [4.78, 5) is 11.4. The summed E-state index contributed by atoms with van der Waals surface area (Å²) in [7, 11) is 0. The Hall–Kier alpha value is -2.69. The first-order valence-electron chi connectivity index (χ1n) is 7.86. The lowest BCUT2D eigenvalue weighted by Crippen LogP contribution is -2.23. The Labute approximate surface area is 154 Å². The molecule has 0 bridgehead atoms. The average molecular weight is 404 g/mol. The number of phenolic OH excluding ortho intramolecular Hbond substituents is 2. The zero-order chi connectivity index (χ0) is 19.7. The highest BCUT2D eigenvalue weighted by molar-refractivity contribution is 7.85. The van der Waals surface area contributed by atoms with Crippen molar-refractivity contribution in [2.45, 2.75) is 19.3 Å². The number of phenols is 2. The van der Waals surface area contributed by atoms with Crippen molar-refractivity contribution in [2.24, 2.45) is 0 Å². The number of anilines is 1. The second kappa shape index (κ2) is 7.51. The molecule has 3 N–H and O–H groups in total. The van der Waals surface area contributed by atoms with Crippen LogP contribution in [0.2, 0.25) is 0 Å². The molecule has 1 atom stereocenters. The van der Waals surface area contributed by atoms with Gasteiger partial charge in [0.05, 0.1) is 6.61 Å². The summed E-state index contributed by atoms with van der Waals surface area (Å²) in [5.41, 5.74) is -0.437. The monoisotopic (exact) mass is 404 g/mol. The van der Waals surface area contributed by atoms with Crippen LogP contribution in [0.5, 0.6) is 17.2 Å². The van der Waals surface area contributed by atoms with Gasteiger partial charge < -0.3 is 14.9 Å². The summed E-state index contributed by atoms with van der Waals surface area (Å²) in [5.74, 6) is -2.60. The molecule has 1 unspecified atom stereocenters. The van der Waals surface area contributed by atoms with Crippen LogP contribution in [0, 0.1) is 5.82 Å². The van der Waals surface area contributed by atoms with Crippen molar-refractivity contribution >= 4 is 33.5 Å². The molecule has 11 heteroatoms. The Balaban J connectivity index is 1.96. The molecule has 0 spiro atoms. The Kier molecular flexibility index (Phi) is 5.31. The number of hydrogen-bond donors (Lipinski definition) is 3. The predicted molar refractivity (Wildman–Crippen MR) is 91.6 cm³/mol. The number of aromatic hydroxyl groups is 2. The van der Waals surface area contributed by atoms with Crippen LogP contribution in [0.25, 0.3) is 10.8 Å². The van der Waals surface area contributed by atoms with Crippen LogP contribution in [0.1, 0.15) is 12.8 Å². The zero-order valence-corrected chi connectivity index (χ0v) is 14.6. The lowest BCUT2D eigenvalue weighted by molar-refractivity contribution is -0.117. The van der Waals surface area contributed by atoms with E-state index in [-0.39, 0.29) is 41.7 Å². The summed E-state index contributed by atoms with van der Waals surface area (Å²) >= 11 is -2.04. The van der Waals surface area contributed by atoms with Gasteiger partial charge >= 0.3 is 0 Å². The number of nitrogens with one attached hydrogen (secondary N) is 1. The maximum atomic E-state index is 15.0. The van der Waals surface area contributed by atoms with Gasteiger partial charge in [-0.05, 0) is 30.0 Å². The van der Waals surface area contributed by atoms with Crippen LogP contribution >= 0.6 is 0 Å². The molecule has 1 heterocycles. The number of alkyl halides is 2. The number of halogens is 3. The third-order valence-electron chi connectivity index (χ3n) is 3.87. The molecule has 0 saturated carbocycles. The fourth-order valence-electron chi connectivity index (χ4n) is 2.66. The Morgan fingerprint density at radius 3 is 2.59 bits per heavy atom. The number of carbonyl (C=O) groups is 1. The van der Waals surface area contributed by atoms with E-state index < -0.39 is 47.3 Å². The third-order valence-corrected chi connectivity index (χ3v) is 4.99. The van der Waals surface area contributed by atoms with Gasteiger partial charge in [-0.3, -0.25) is 13.8 Å². The molecule has 7 nitrogen and oxygen atoms in total. The van der Waals surface area contributed by atoms with Crippen LogP contribution in [0.3, 0.4) is 0 Å². The minimum atomic E-state index is -2.47. The molecule has 2 aromatic carbocycles. The van der Waals surface area contributed by atoms with Gasteiger partial charge in [-0.1, -0.05) is 0 Å². The highest BCUT2D eigenvalue weighted by Crippen LogP contribution is 2.41. The number of nitrogens with zero attached hydrogens (tertiary/aromatic N) is 1.